The van der Waals surface area contributed by atoms with Gasteiger partial charge in [0.15, 0.2) is 0 Å². The van der Waals surface area contributed by atoms with Crippen molar-refractivity contribution in [3.8, 4) is 16.9 Å². The molecule has 0 spiro atoms. The first kappa shape index (κ1) is 44.9. The number of aliphatic hydroxyl groups is 4. The second-order valence-corrected chi connectivity index (χ2v) is 19.1. The average Bonchev–Trinajstić information content (AvgIpc) is 3.61. The maximum absolute atomic E-state index is 12.0. The summed E-state index contributed by atoms with van der Waals surface area (Å²) in [5.41, 5.74) is 5.79. The maximum atomic E-state index is 12.0. The third kappa shape index (κ3) is 9.58. The second kappa shape index (κ2) is 19.1. The van der Waals surface area contributed by atoms with Crippen LogP contribution in [-0.4, -0.2) is 139 Å². The van der Waals surface area contributed by atoms with Gasteiger partial charge in [0.25, 0.3) is 0 Å². The minimum Gasteiger partial charge on any atom is -0.496 e. The summed E-state index contributed by atoms with van der Waals surface area (Å²) in [6, 6.07) is 22.2. The molecule has 0 aromatic heterocycles. The Morgan fingerprint density at radius 3 is 2.33 bits per heavy atom. The van der Waals surface area contributed by atoms with Gasteiger partial charge >= 0.3 is 0 Å². The molecule has 2 aliphatic heterocycles. The van der Waals surface area contributed by atoms with Crippen LogP contribution in [0.1, 0.15) is 63.5 Å². The zero-order chi connectivity index (χ0) is 42.9. The Bertz CT molecular complexity index is 1860. The molecular weight excluding hydrogens is 757 g/mol. The van der Waals surface area contributed by atoms with Crippen LogP contribution in [0.2, 0.25) is 0 Å². The van der Waals surface area contributed by atoms with Crippen molar-refractivity contribution < 1.29 is 30.0 Å². The molecule has 5 aliphatic rings. The normalized spacial score (nSPS) is 29.1. The Morgan fingerprint density at radius 1 is 0.967 bits per heavy atom. The number of benzene rings is 3. The topological polar surface area (TPSA) is 136 Å². The number of nitrogens with zero attached hydrogens (tertiary/aromatic N) is 4. The van der Waals surface area contributed by atoms with Gasteiger partial charge in [-0.15, -0.1) is 0 Å². The summed E-state index contributed by atoms with van der Waals surface area (Å²) < 4.78 is 6.20. The van der Waals surface area contributed by atoms with E-state index in [1.54, 1.807) is 19.1 Å². The van der Waals surface area contributed by atoms with E-state index in [2.05, 4.69) is 78.6 Å². The number of hydrogen-bond donors (Lipinski definition) is 6. The predicted molar refractivity (Wildman–Crippen MR) is 237 cm³/mol. The highest BCUT2D eigenvalue weighted by atomic mass is 16.7. The van der Waals surface area contributed by atoms with Gasteiger partial charge in [-0.2, -0.15) is 5.06 Å². The van der Waals surface area contributed by atoms with Gasteiger partial charge in [0, 0.05) is 81.6 Å². The highest BCUT2D eigenvalue weighted by Gasteiger charge is 2.57. The van der Waals surface area contributed by atoms with Crippen molar-refractivity contribution in [1.82, 2.24) is 25.5 Å². The number of aliphatic hydroxyl groups excluding tert-OH is 4. The molecule has 2 heterocycles. The van der Waals surface area contributed by atoms with Gasteiger partial charge in [0.1, 0.15) is 24.3 Å². The molecule has 2 bridgehead atoms. The first-order valence-electron chi connectivity index (χ1n) is 22.2. The number of para-hydroxylation sites is 1. The number of nitrogens with one attached hydrogen (secondary N) is 2. The van der Waals surface area contributed by atoms with Crippen LogP contribution in [0.3, 0.4) is 0 Å². The number of fused-ring (bicyclic) bond motifs is 2. The van der Waals surface area contributed by atoms with E-state index in [0.717, 1.165) is 73.5 Å². The summed E-state index contributed by atoms with van der Waals surface area (Å²) in [6.07, 6.45) is -0.431. The summed E-state index contributed by atoms with van der Waals surface area (Å²) in [6.45, 7) is 13.6. The van der Waals surface area contributed by atoms with Crippen molar-refractivity contribution in [2.75, 3.05) is 72.5 Å². The molecular formula is C48H72N6O6. The number of anilines is 1. The zero-order valence-electron chi connectivity index (χ0n) is 37.2. The first-order chi connectivity index (χ1) is 28.7. The van der Waals surface area contributed by atoms with Crippen LogP contribution < -0.4 is 20.3 Å². The summed E-state index contributed by atoms with van der Waals surface area (Å²) in [7, 11) is 7.83. The van der Waals surface area contributed by atoms with E-state index in [-0.39, 0.29) is 25.2 Å². The van der Waals surface area contributed by atoms with Gasteiger partial charge in [-0.25, -0.2) is 0 Å². The van der Waals surface area contributed by atoms with Gasteiger partial charge < -0.3 is 35.0 Å². The van der Waals surface area contributed by atoms with E-state index in [0.29, 0.717) is 28.9 Å². The molecule has 3 aromatic rings. The third-order valence-electron chi connectivity index (χ3n) is 14.7. The third-order valence-corrected chi connectivity index (χ3v) is 14.7. The Labute approximate surface area is 358 Å². The zero-order valence-corrected chi connectivity index (χ0v) is 37.2. The van der Waals surface area contributed by atoms with Crippen LogP contribution in [0.15, 0.2) is 66.7 Å². The Morgan fingerprint density at radius 2 is 1.70 bits per heavy atom. The molecule has 330 valence electrons. The van der Waals surface area contributed by atoms with Crippen LogP contribution in [0.5, 0.6) is 5.75 Å². The molecule has 5 fully saturated rings. The first-order valence-corrected chi connectivity index (χ1v) is 22.2. The van der Waals surface area contributed by atoms with E-state index in [4.69, 9.17) is 9.57 Å². The fraction of sp³-hybridized carbons (Fsp3) is 0.625. The van der Waals surface area contributed by atoms with Crippen molar-refractivity contribution in [2.45, 2.75) is 96.3 Å². The summed E-state index contributed by atoms with van der Waals surface area (Å²) in [4.78, 5) is 13.3. The van der Waals surface area contributed by atoms with Gasteiger partial charge in [-0.1, -0.05) is 69.3 Å². The lowest BCUT2D eigenvalue weighted by Crippen LogP contribution is -2.63. The molecule has 0 amide bonds. The minimum absolute atomic E-state index is 0.0143. The van der Waals surface area contributed by atoms with Gasteiger partial charge in [-0.3, -0.25) is 20.4 Å². The molecule has 60 heavy (non-hydrogen) atoms. The highest BCUT2D eigenvalue weighted by molar-refractivity contribution is 5.76. The molecule has 2 saturated heterocycles. The predicted octanol–water partition coefficient (Wildman–Crippen LogP) is 4.32. The SMILES string of the molecule is COc1c(CN2O[C@@H](CO)[C@@H]([C@H](C)O)[C@H]2C(O)N[C@H]2C[C@H]3C[C@@H]([C@@H]2C)C3(C)C)cccc1-c1cc(C(O)N[C@H](Cc2ccccc2)CN2CCN(C)CC2)cc(N(C)C)c1. The Hall–Kier alpha value is -3.14. The number of methoxy groups -OCH3 is 1. The second-order valence-electron chi connectivity index (χ2n) is 19.1. The molecule has 12 nitrogen and oxygen atoms in total. The van der Waals surface area contributed by atoms with Crippen molar-refractivity contribution in [1.29, 1.82) is 0 Å². The minimum atomic E-state index is -1.00. The molecule has 3 saturated carbocycles. The van der Waals surface area contributed by atoms with Crippen molar-refractivity contribution in [3.63, 3.8) is 0 Å². The lowest BCUT2D eigenvalue weighted by atomic mass is 9.44. The molecule has 0 radical (unpaired) electrons. The van der Waals surface area contributed by atoms with E-state index in [9.17, 15) is 20.4 Å². The summed E-state index contributed by atoms with van der Waals surface area (Å²) in [5.74, 6) is 1.72. The molecule has 3 aliphatic carbocycles. The smallest absolute Gasteiger partial charge is 0.131 e. The van der Waals surface area contributed by atoms with E-state index in [1.807, 2.05) is 55.4 Å². The number of hydroxylamine groups is 2. The van der Waals surface area contributed by atoms with Crippen molar-refractivity contribution >= 4 is 5.69 Å². The van der Waals surface area contributed by atoms with Crippen LogP contribution >= 0.6 is 0 Å². The molecule has 3 aromatic carbocycles. The summed E-state index contributed by atoms with van der Waals surface area (Å²) >= 11 is 0. The fourth-order valence-electron chi connectivity index (χ4n) is 11.0. The molecule has 11 atom stereocenters. The van der Waals surface area contributed by atoms with E-state index in [1.165, 1.54) is 12.0 Å². The number of hydrogen-bond acceptors (Lipinski definition) is 12. The van der Waals surface area contributed by atoms with Crippen molar-refractivity contribution in [3.05, 3.63) is 83.4 Å². The number of rotatable bonds is 17. The number of ether oxygens (including phenoxy) is 1. The fourth-order valence-corrected chi connectivity index (χ4v) is 11.0. The molecule has 6 N–H and O–H groups in total. The van der Waals surface area contributed by atoms with Gasteiger partial charge in [0.05, 0.1) is 32.4 Å². The quantitative estimate of drug-likeness (QED) is 0.108. The van der Waals surface area contributed by atoms with Gasteiger partial charge in [-0.05, 0) is 91.3 Å². The molecule has 2 unspecified atom stereocenters. The van der Waals surface area contributed by atoms with Crippen LogP contribution in [-0.2, 0) is 17.8 Å². The largest absolute Gasteiger partial charge is 0.496 e. The Kier molecular flexibility index (Phi) is 14.3. The lowest BCUT2D eigenvalue weighted by Gasteiger charge is -2.62. The van der Waals surface area contributed by atoms with E-state index >= 15 is 0 Å². The maximum Gasteiger partial charge on any atom is 0.131 e. The highest BCUT2D eigenvalue weighted by Crippen LogP contribution is 2.61. The lowest BCUT2D eigenvalue weighted by molar-refractivity contribution is -0.195. The Balaban J connectivity index is 1.15. The van der Waals surface area contributed by atoms with Crippen LogP contribution in [0.4, 0.5) is 5.69 Å². The monoisotopic (exact) mass is 829 g/mol. The number of piperazine rings is 1. The molecule has 8 rings (SSSR count). The molecule has 12 heteroatoms. The van der Waals surface area contributed by atoms with E-state index < -0.39 is 36.6 Å². The van der Waals surface area contributed by atoms with Crippen LogP contribution in [0, 0.1) is 29.1 Å². The van der Waals surface area contributed by atoms with Crippen LogP contribution in [0.25, 0.3) is 11.1 Å². The summed E-state index contributed by atoms with van der Waals surface area (Å²) in [5, 5.41) is 54.4. The van der Waals surface area contributed by atoms with Crippen molar-refractivity contribution in [2.24, 2.45) is 29.1 Å². The van der Waals surface area contributed by atoms with Gasteiger partial charge in [0.2, 0.25) is 0 Å². The standard InChI is InChI=1S/C48H72N6O6/c1-30-40-25-36(48(40,3)4)26-41(30)50-47(58)44-43(31(2)56)42(29-55)60-54(44)27-33-15-12-16-39(45(33)59-8)34-22-35(24-38(23-34)51(5)6)46(57)49-37(21-32-13-10-9-11-14-32)28-53-19-17-52(7)18-20-53/h9-16,22-24,30-31,36-37,40-44,46-47,49-50,55-58H,17-21,25-29H2,1-8H3/t30-,31-,36+,37+,40-,41-,42-,43+,44-,46?,47?/m0/s1. The number of likely N-dealkylation sites (N-methyl/N-ethyl adjacent to an activating group) is 1. The average molecular weight is 829 g/mol.